The zero-order valence-corrected chi connectivity index (χ0v) is 59.5. The Kier molecular flexibility index (Phi) is 34.9. The van der Waals surface area contributed by atoms with Crippen LogP contribution >= 0.6 is 0 Å². The molecule has 8 rings (SSSR count). The Labute approximate surface area is 564 Å². The first-order valence-corrected chi connectivity index (χ1v) is 30.3. The first-order valence-electron chi connectivity index (χ1n) is 30.3. The number of hydrogen-bond donors (Lipinski definition) is 3. The van der Waals surface area contributed by atoms with E-state index in [1.54, 1.807) is 0 Å². The van der Waals surface area contributed by atoms with E-state index in [4.69, 9.17) is 25.7 Å². The molecule has 87 heavy (non-hydrogen) atoms. The second kappa shape index (κ2) is 37.6. The number of esters is 1. The SMILES string of the molecule is CC(=O)[O-].CCC(C)(C)C(=O)N1C[C@@H](C)C[C@H]1c1ccccc1.CCC(C)(C)C(=O)N1C[C@@H](O)C[C@H]1c1ccccc1.CCC(C)(C)C(=O)N1C[C@H](O)C[C@H]1c1ccccc1.CCC(C)(C)C(=O)N1C[C@H](OC(C)=O)C[C@H]1c1ccccc1.[NH-]O.[Na+].[Na+]. The fraction of sp³-hybridized carbons (Fsp3) is 0.565. The Bertz CT molecular complexity index is 2490. The Balaban J connectivity index is 0.000000559. The third kappa shape index (κ3) is 23.7. The minimum Gasteiger partial charge on any atom is -0.553 e. The van der Waals surface area contributed by atoms with Crippen LogP contribution in [0.15, 0.2) is 121 Å². The average Bonchev–Trinajstić information content (AvgIpc) is 2.12. The Hall–Kier alpha value is -4.46. The van der Waals surface area contributed by atoms with E-state index in [1.807, 2.05) is 174 Å². The average molecular weight is 1220 g/mol. The molecule has 4 N–H and O–H groups in total. The normalized spacial score (nSPS) is 21.4. The topological polar surface area (TPSA) is 232 Å². The molecule has 0 aromatic heterocycles. The van der Waals surface area contributed by atoms with Gasteiger partial charge in [-0.3, -0.25) is 24.0 Å². The van der Waals surface area contributed by atoms with Crippen molar-refractivity contribution in [2.45, 2.75) is 198 Å². The van der Waals surface area contributed by atoms with Crippen molar-refractivity contribution < 1.29 is 113 Å². The van der Waals surface area contributed by atoms with E-state index in [-0.39, 0.29) is 129 Å². The van der Waals surface area contributed by atoms with Crippen molar-refractivity contribution in [1.82, 2.24) is 19.6 Å². The van der Waals surface area contributed by atoms with E-state index < -0.39 is 23.6 Å². The van der Waals surface area contributed by atoms with E-state index in [1.165, 1.54) is 12.5 Å². The fourth-order valence-corrected chi connectivity index (χ4v) is 10.8. The maximum absolute atomic E-state index is 12.9. The third-order valence-electron chi connectivity index (χ3n) is 17.3. The zero-order chi connectivity index (χ0) is 64.0. The summed E-state index contributed by atoms with van der Waals surface area (Å²) in [4.78, 5) is 78.8. The molecule has 4 amide bonds. The van der Waals surface area contributed by atoms with Crippen molar-refractivity contribution in [2.75, 3.05) is 26.2 Å². The molecule has 0 spiro atoms. The summed E-state index contributed by atoms with van der Waals surface area (Å²) in [6.45, 7) is 31.0. The van der Waals surface area contributed by atoms with Gasteiger partial charge in [0.15, 0.2) is 0 Å². The summed E-state index contributed by atoms with van der Waals surface area (Å²) in [5.41, 5.74) is 3.20. The van der Waals surface area contributed by atoms with Crippen molar-refractivity contribution in [2.24, 2.45) is 27.6 Å². The summed E-state index contributed by atoms with van der Waals surface area (Å²) in [7, 11) is 0. The van der Waals surface area contributed by atoms with Gasteiger partial charge in [-0.15, -0.1) is 0 Å². The number of carbonyl (C=O) groups is 6. The first kappa shape index (κ1) is 80.6. The summed E-state index contributed by atoms with van der Waals surface area (Å²) in [5, 5.41) is 35.0. The monoisotopic (exact) mass is 1220 g/mol. The molecule has 4 heterocycles. The van der Waals surface area contributed by atoms with Gasteiger partial charge in [-0.2, -0.15) is 0 Å². The number of amides is 4. The van der Waals surface area contributed by atoms with Crippen molar-refractivity contribution in [3.63, 3.8) is 0 Å². The number of hydrogen-bond acceptors (Lipinski definition) is 11. The number of carboxylic acids is 1. The minimum atomic E-state index is -1.08. The van der Waals surface area contributed by atoms with Crippen LogP contribution in [0.5, 0.6) is 0 Å². The number of aliphatic hydroxyl groups is 2. The van der Waals surface area contributed by atoms with E-state index in [0.29, 0.717) is 50.7 Å². The van der Waals surface area contributed by atoms with Gasteiger partial charge in [0, 0.05) is 60.6 Å². The largest absolute Gasteiger partial charge is 1.00 e. The van der Waals surface area contributed by atoms with Crippen molar-refractivity contribution in [3.05, 3.63) is 149 Å². The van der Waals surface area contributed by atoms with Gasteiger partial charge in [0.25, 0.3) is 0 Å². The molecule has 18 heteroatoms. The van der Waals surface area contributed by atoms with Crippen LogP contribution < -0.4 is 64.2 Å². The molecule has 0 unspecified atom stereocenters. The van der Waals surface area contributed by atoms with Crippen LogP contribution in [0.3, 0.4) is 0 Å². The van der Waals surface area contributed by atoms with Crippen LogP contribution in [0.25, 0.3) is 5.90 Å². The van der Waals surface area contributed by atoms with Crippen LogP contribution in [-0.2, 0) is 33.5 Å². The molecule has 8 atom stereocenters. The van der Waals surface area contributed by atoms with Crippen LogP contribution in [-0.4, -0.2) is 115 Å². The summed E-state index contributed by atoms with van der Waals surface area (Å²) in [6, 6.07) is 40.6. The van der Waals surface area contributed by atoms with Gasteiger partial charge in [-0.25, -0.2) is 0 Å². The van der Waals surface area contributed by atoms with Crippen LogP contribution in [0.1, 0.15) is 202 Å². The fourth-order valence-electron chi connectivity index (χ4n) is 10.8. The van der Waals surface area contributed by atoms with E-state index in [9.17, 15) is 34.2 Å². The van der Waals surface area contributed by atoms with Gasteiger partial charge in [0.05, 0.1) is 42.9 Å². The predicted octanol–water partition coefficient (Wildman–Crippen LogP) is 6.07. The van der Waals surface area contributed by atoms with E-state index in [0.717, 1.165) is 62.3 Å². The molecular formula is C69H101N5Na2O11. The number of likely N-dealkylation sites (tertiary alicyclic amines) is 4. The molecule has 4 aromatic carbocycles. The van der Waals surface area contributed by atoms with Crippen molar-refractivity contribution in [3.8, 4) is 0 Å². The number of nitrogens with one attached hydrogen (secondary N) is 1. The number of rotatable bonds is 13. The molecule has 4 fully saturated rings. The van der Waals surface area contributed by atoms with E-state index in [2.05, 4.69) is 56.9 Å². The quantitative estimate of drug-likeness (QED) is 0.0791. The van der Waals surface area contributed by atoms with Crippen LogP contribution in [0.2, 0.25) is 0 Å². The van der Waals surface area contributed by atoms with E-state index >= 15 is 0 Å². The number of carboxylic acid groups (broad SMARTS) is 1. The van der Waals surface area contributed by atoms with Gasteiger partial charge in [-0.05, 0) is 80.0 Å². The van der Waals surface area contributed by atoms with Crippen LogP contribution in [0, 0.1) is 27.6 Å². The molecule has 0 bridgehead atoms. The molecule has 470 valence electrons. The smallest absolute Gasteiger partial charge is 0.553 e. The molecule has 16 nitrogen and oxygen atoms in total. The molecule has 0 radical (unpaired) electrons. The molecule has 0 saturated carbocycles. The van der Waals surface area contributed by atoms with Gasteiger partial charge in [0.1, 0.15) is 6.10 Å². The molecular weight excluding hydrogens is 1120 g/mol. The molecule has 4 aliphatic heterocycles. The Morgan fingerprint density at radius 3 is 0.931 bits per heavy atom. The standard InChI is InChI=1S/C18H25NO3.C17H25NO.2C16H23NO2.C2H4O2.H2NO.2Na/c1-5-18(3,4)17(21)19-12-15(22-13(2)20)11-16(19)14-9-7-6-8-10-14;1-5-17(3,4)16(19)18-12-13(2)11-15(18)14-9-7-6-8-10-14;2*1-4-16(2,3)15(19)17-11-13(18)10-14(17)12-8-6-5-7-9-12;1-2(3)4;1-2;;/h6-10,15-16H,5,11-12H2,1-4H3;6-10,13,15H,5,11-12H2,1-4H3;2*5-9,13-14,18H,4,10-11H2,1-3H3;1H3,(H,3,4);1-2H;;/q;;;;;-1;2*+1/p-1/t15-,16+;13-,15-;13-,14+;13-,14-;;;;/m1010..../s1. The number of aliphatic hydroxyl groups excluding tert-OH is 2. The maximum Gasteiger partial charge on any atom is 1.00 e. The Morgan fingerprint density at radius 1 is 0.448 bits per heavy atom. The molecule has 4 aromatic rings. The first-order chi connectivity index (χ1) is 39.9. The third-order valence-corrected chi connectivity index (χ3v) is 17.3. The summed E-state index contributed by atoms with van der Waals surface area (Å²) >= 11 is 0. The summed E-state index contributed by atoms with van der Waals surface area (Å²) in [6.07, 6.45) is 5.23. The number of β-amino-alcohol motifs (C(OH)–C–C–N with tert-alkyl or cyclic N) is 2. The number of benzene rings is 4. The Morgan fingerprint density at radius 2 is 0.678 bits per heavy atom. The number of nitrogens with zero attached hydrogens (tertiary/aromatic N) is 4. The van der Waals surface area contributed by atoms with Gasteiger partial charge in [0.2, 0.25) is 23.6 Å². The second-order valence-electron chi connectivity index (χ2n) is 25.6. The number of aliphatic carboxylic acids is 1. The zero-order valence-electron chi connectivity index (χ0n) is 55.5. The second-order valence-corrected chi connectivity index (χ2v) is 25.6. The van der Waals surface area contributed by atoms with Gasteiger partial charge in [-0.1, -0.05) is 211 Å². The number of carbonyl (C=O) groups excluding carboxylic acids is 6. The predicted molar refractivity (Wildman–Crippen MR) is 332 cm³/mol. The number of ether oxygens (including phenoxy) is 1. The summed E-state index contributed by atoms with van der Waals surface area (Å²) in [5.74, 6) is 4.66. The van der Waals surface area contributed by atoms with Crippen molar-refractivity contribution >= 4 is 35.6 Å². The van der Waals surface area contributed by atoms with Gasteiger partial charge < -0.3 is 55.6 Å². The van der Waals surface area contributed by atoms with Crippen molar-refractivity contribution in [1.29, 1.82) is 0 Å². The van der Waals surface area contributed by atoms with Gasteiger partial charge >= 0.3 is 65.1 Å². The minimum absolute atomic E-state index is 0. The van der Waals surface area contributed by atoms with Crippen LogP contribution in [0.4, 0.5) is 0 Å². The molecule has 0 aliphatic carbocycles. The molecule has 4 aliphatic rings. The maximum atomic E-state index is 12.9. The summed E-state index contributed by atoms with van der Waals surface area (Å²) < 4.78 is 5.36. The molecule has 4 saturated heterocycles.